The van der Waals surface area contributed by atoms with Crippen molar-refractivity contribution >= 4 is 69.3 Å². The number of thiazole rings is 1. The number of aromatic nitrogens is 3. The van der Waals surface area contributed by atoms with Gasteiger partial charge in [-0.1, -0.05) is 5.16 Å². The number of carboxylic acid groups (broad SMARTS) is 1. The van der Waals surface area contributed by atoms with Crippen molar-refractivity contribution in [2.75, 3.05) is 30.1 Å². The predicted molar refractivity (Wildman–Crippen MR) is 128 cm³/mol. The summed E-state index contributed by atoms with van der Waals surface area (Å²) in [6.45, 7) is 0. The SMILES string of the molecule is CO/N=C(\C(=O)NC1C(=O)N2C(C(=O)[O-])=C(CSc3nc(N)cc[n+]3C)CS[C@H]12)c1csc(N)n1. The van der Waals surface area contributed by atoms with Crippen LogP contribution in [0.1, 0.15) is 5.69 Å². The molecule has 4 heterocycles. The van der Waals surface area contributed by atoms with Crippen molar-refractivity contribution in [1.82, 2.24) is 20.2 Å². The van der Waals surface area contributed by atoms with E-state index in [1.54, 1.807) is 23.9 Å². The van der Waals surface area contributed by atoms with Gasteiger partial charge in [0.1, 0.15) is 24.2 Å². The summed E-state index contributed by atoms with van der Waals surface area (Å²) in [5.41, 5.74) is 11.7. The molecule has 184 valence electrons. The molecule has 2 aromatic heterocycles. The van der Waals surface area contributed by atoms with Gasteiger partial charge in [0.15, 0.2) is 10.8 Å². The summed E-state index contributed by atoms with van der Waals surface area (Å²) < 4.78 is 1.76. The molecular weight excluding hydrogens is 516 g/mol. The van der Waals surface area contributed by atoms with E-state index >= 15 is 0 Å². The van der Waals surface area contributed by atoms with Crippen LogP contribution in [0.5, 0.6) is 0 Å². The normalized spacial score (nSPS) is 19.8. The van der Waals surface area contributed by atoms with Crippen LogP contribution in [0, 0.1) is 0 Å². The summed E-state index contributed by atoms with van der Waals surface area (Å²) in [6, 6.07) is 0.693. The molecule has 13 nitrogen and oxygen atoms in total. The lowest BCUT2D eigenvalue weighted by Gasteiger charge is -2.50. The lowest BCUT2D eigenvalue weighted by molar-refractivity contribution is -0.713. The van der Waals surface area contributed by atoms with E-state index in [4.69, 9.17) is 16.3 Å². The van der Waals surface area contributed by atoms with Crippen LogP contribution in [0.25, 0.3) is 0 Å². The number of oxime groups is 1. The van der Waals surface area contributed by atoms with Crippen molar-refractivity contribution in [2.24, 2.45) is 12.2 Å². The smallest absolute Gasteiger partial charge is 0.361 e. The molecule has 0 bridgehead atoms. The largest absolute Gasteiger partial charge is 0.543 e. The lowest BCUT2D eigenvalue weighted by atomic mass is 10.0. The highest BCUT2D eigenvalue weighted by atomic mass is 32.2. The van der Waals surface area contributed by atoms with Crippen LogP contribution in [0.4, 0.5) is 10.9 Å². The Morgan fingerprint density at radius 3 is 2.86 bits per heavy atom. The van der Waals surface area contributed by atoms with E-state index in [0.29, 0.717) is 22.3 Å². The first kappa shape index (κ1) is 24.7. The number of rotatable bonds is 8. The van der Waals surface area contributed by atoms with Crippen LogP contribution in [0.2, 0.25) is 0 Å². The van der Waals surface area contributed by atoms with Crippen molar-refractivity contribution in [3.8, 4) is 0 Å². The van der Waals surface area contributed by atoms with Crippen molar-refractivity contribution in [1.29, 1.82) is 0 Å². The van der Waals surface area contributed by atoms with Crippen molar-refractivity contribution in [3.05, 3.63) is 34.6 Å². The minimum absolute atomic E-state index is 0.150. The Morgan fingerprint density at radius 2 is 2.20 bits per heavy atom. The van der Waals surface area contributed by atoms with Gasteiger partial charge in [-0.2, -0.15) is 0 Å². The first-order valence-corrected chi connectivity index (χ1v) is 12.9. The second-order valence-electron chi connectivity index (χ2n) is 7.33. The van der Waals surface area contributed by atoms with Gasteiger partial charge >= 0.3 is 5.16 Å². The lowest BCUT2D eigenvalue weighted by Crippen LogP contribution is -2.71. The third kappa shape index (κ3) is 4.89. The number of carbonyl (C=O) groups is 3. The number of carbonyl (C=O) groups excluding carboxylic acids is 3. The fourth-order valence-corrected chi connectivity index (χ4v) is 6.45. The third-order valence-corrected chi connectivity index (χ3v) is 8.20. The molecule has 5 N–H and O–H groups in total. The molecule has 35 heavy (non-hydrogen) atoms. The van der Waals surface area contributed by atoms with Crippen LogP contribution < -0.4 is 26.5 Å². The summed E-state index contributed by atoms with van der Waals surface area (Å²) in [4.78, 5) is 51.9. The van der Waals surface area contributed by atoms with Crippen LogP contribution in [0.15, 0.2) is 39.2 Å². The number of aliphatic carboxylic acids is 1. The molecule has 1 fully saturated rings. The van der Waals surface area contributed by atoms with Gasteiger partial charge in [0.25, 0.3) is 11.8 Å². The van der Waals surface area contributed by atoms with E-state index in [-0.39, 0.29) is 28.0 Å². The zero-order valence-corrected chi connectivity index (χ0v) is 20.9. The number of carboxylic acids is 1. The summed E-state index contributed by atoms with van der Waals surface area (Å²) in [6.07, 6.45) is 1.75. The van der Waals surface area contributed by atoms with Gasteiger partial charge in [-0.3, -0.25) is 14.5 Å². The second-order valence-corrected chi connectivity index (χ2v) is 10.3. The van der Waals surface area contributed by atoms with Crippen LogP contribution >= 0.6 is 34.9 Å². The minimum atomic E-state index is -1.46. The highest BCUT2D eigenvalue weighted by Crippen LogP contribution is 2.41. The molecule has 4 rings (SSSR count). The van der Waals surface area contributed by atoms with Gasteiger partial charge in [-0.05, 0) is 22.3 Å². The first-order valence-electron chi connectivity index (χ1n) is 9.97. The Morgan fingerprint density at radius 1 is 1.43 bits per heavy atom. The number of nitrogens with one attached hydrogen (secondary N) is 1. The number of thioether (sulfide) groups is 2. The fourth-order valence-electron chi connectivity index (χ4n) is 3.45. The number of hydrogen-bond acceptors (Lipinski definition) is 13. The number of fused-ring (bicyclic) bond motifs is 1. The number of hydrogen-bond donors (Lipinski definition) is 3. The Bertz CT molecular complexity index is 1260. The number of nitrogens with two attached hydrogens (primary N) is 2. The third-order valence-electron chi connectivity index (χ3n) is 5.06. The Balaban J connectivity index is 1.50. The highest BCUT2D eigenvalue weighted by molar-refractivity contribution is 8.01. The van der Waals surface area contributed by atoms with E-state index in [9.17, 15) is 19.5 Å². The summed E-state index contributed by atoms with van der Waals surface area (Å²) in [5.74, 6) is -1.80. The Labute approximate surface area is 211 Å². The van der Waals surface area contributed by atoms with Crippen molar-refractivity contribution < 1.29 is 28.9 Å². The highest BCUT2D eigenvalue weighted by Gasteiger charge is 2.53. The molecule has 2 aliphatic heterocycles. The van der Waals surface area contributed by atoms with Gasteiger partial charge in [0.2, 0.25) is 5.82 Å². The predicted octanol–water partition coefficient (Wildman–Crippen LogP) is -1.93. The summed E-state index contributed by atoms with van der Waals surface area (Å²) in [7, 11) is 3.06. The number of β-lactam (4-membered cyclic amide) rings is 1. The minimum Gasteiger partial charge on any atom is -0.543 e. The topological polar surface area (TPSA) is 193 Å². The number of nitrogens with zero attached hydrogens (tertiary/aromatic N) is 5. The van der Waals surface area contributed by atoms with Gasteiger partial charge < -0.3 is 31.5 Å². The van der Waals surface area contributed by atoms with Gasteiger partial charge in [0, 0.05) is 23.0 Å². The second kappa shape index (κ2) is 10.1. The van der Waals surface area contributed by atoms with Crippen LogP contribution in [0.3, 0.4) is 0 Å². The quantitative estimate of drug-likeness (QED) is 0.0850. The number of anilines is 2. The average Bonchev–Trinajstić information content (AvgIpc) is 3.26. The summed E-state index contributed by atoms with van der Waals surface area (Å²) in [5, 5.41) is 20.0. The van der Waals surface area contributed by atoms with Gasteiger partial charge in [-0.25, -0.2) is 9.55 Å². The zero-order chi connectivity index (χ0) is 25.3. The molecule has 0 aromatic carbocycles. The number of amides is 2. The molecule has 2 amide bonds. The molecule has 2 atom stereocenters. The molecule has 1 saturated heterocycles. The molecule has 0 aliphatic carbocycles. The average molecular weight is 537 g/mol. The zero-order valence-electron chi connectivity index (χ0n) is 18.5. The molecule has 0 saturated carbocycles. The number of nitrogen functional groups attached to an aromatic ring is 2. The summed E-state index contributed by atoms with van der Waals surface area (Å²) >= 11 is 3.75. The first-order chi connectivity index (χ1) is 16.7. The van der Waals surface area contributed by atoms with Crippen molar-refractivity contribution in [2.45, 2.75) is 16.6 Å². The number of aryl methyl sites for hydroxylation is 1. The van der Waals surface area contributed by atoms with E-state index in [1.165, 1.54) is 36.0 Å². The maximum atomic E-state index is 12.9. The van der Waals surface area contributed by atoms with E-state index in [0.717, 1.165) is 16.2 Å². The molecule has 1 unspecified atom stereocenters. The van der Waals surface area contributed by atoms with Crippen LogP contribution in [-0.2, 0) is 26.3 Å². The van der Waals surface area contributed by atoms with Gasteiger partial charge in [-0.15, -0.1) is 23.1 Å². The van der Waals surface area contributed by atoms with E-state index < -0.39 is 29.2 Å². The fraction of sp³-hybridized carbons (Fsp3) is 0.316. The molecule has 2 aromatic rings. The monoisotopic (exact) mass is 536 g/mol. The Kier molecular flexibility index (Phi) is 7.13. The Hall–Kier alpha value is -3.37. The maximum absolute atomic E-state index is 12.9. The molecule has 16 heteroatoms. The van der Waals surface area contributed by atoms with E-state index in [1.807, 2.05) is 0 Å². The molecule has 0 radical (unpaired) electrons. The van der Waals surface area contributed by atoms with Crippen LogP contribution in [-0.4, -0.2) is 68.4 Å². The molecule has 0 spiro atoms. The maximum Gasteiger partial charge on any atom is 0.361 e. The van der Waals surface area contributed by atoms with E-state index in [2.05, 4.69) is 20.4 Å². The van der Waals surface area contributed by atoms with Gasteiger partial charge in [0.05, 0.1) is 24.9 Å². The molecule has 2 aliphatic rings. The molecular formula is C19H20N8O5S3. The van der Waals surface area contributed by atoms with Crippen molar-refractivity contribution in [3.63, 3.8) is 0 Å². The standard InChI is InChI=1S/C19H20N8O5S3/c1-26-4-3-10(20)23-19(26)35-6-8-5-33-16-12(15(29)27(16)13(8)17(30)31)24-14(28)11(25-32-2)9-7-34-18(21)22-9/h3-4,7,12,16,20H,5-6H2,1-2H3,(H4,21,22,24,28,30,31)/b25-11-/t12?,16-/m1/s1.